The van der Waals surface area contributed by atoms with Gasteiger partial charge in [-0.2, -0.15) is 0 Å². The fourth-order valence-electron chi connectivity index (χ4n) is 1.85. The minimum atomic E-state index is -0.192. The molecule has 1 N–H and O–H groups in total. The molecule has 1 atom stereocenters. The van der Waals surface area contributed by atoms with Gasteiger partial charge < -0.3 is 10.1 Å². The molecule has 0 bridgehead atoms. The summed E-state index contributed by atoms with van der Waals surface area (Å²) in [5.74, 6) is 0.312. The van der Waals surface area contributed by atoms with E-state index >= 15 is 0 Å². The Kier molecular flexibility index (Phi) is 5.65. The van der Waals surface area contributed by atoms with E-state index in [0.29, 0.717) is 10.8 Å². The third kappa shape index (κ3) is 4.76. The van der Waals surface area contributed by atoms with Crippen LogP contribution in [-0.4, -0.2) is 12.5 Å². The molecule has 0 aromatic heterocycles. The zero-order valence-electron chi connectivity index (χ0n) is 11.5. The minimum absolute atomic E-state index is 0.0674. The number of halogens is 2. The molecule has 5 heteroatoms. The van der Waals surface area contributed by atoms with Crippen LogP contribution >= 0.6 is 27.5 Å². The number of ether oxygens (including phenoxy) is 1. The van der Waals surface area contributed by atoms with E-state index < -0.39 is 0 Å². The van der Waals surface area contributed by atoms with Crippen molar-refractivity contribution in [3.05, 3.63) is 63.6 Å². The van der Waals surface area contributed by atoms with Crippen LogP contribution < -0.4 is 10.1 Å². The van der Waals surface area contributed by atoms with Crippen LogP contribution in [0, 0.1) is 0 Å². The van der Waals surface area contributed by atoms with Crippen molar-refractivity contribution in [2.24, 2.45) is 0 Å². The molecule has 110 valence electrons. The summed E-state index contributed by atoms with van der Waals surface area (Å²) in [5.41, 5.74) is 1.02. The van der Waals surface area contributed by atoms with Crippen molar-refractivity contribution in [2.75, 3.05) is 6.61 Å². The molecule has 0 saturated carbocycles. The van der Waals surface area contributed by atoms with Gasteiger partial charge in [-0.3, -0.25) is 4.79 Å². The van der Waals surface area contributed by atoms with Crippen molar-refractivity contribution >= 4 is 33.4 Å². The number of amides is 1. The van der Waals surface area contributed by atoms with Crippen LogP contribution in [0.1, 0.15) is 18.5 Å². The van der Waals surface area contributed by atoms with Crippen LogP contribution in [0.2, 0.25) is 5.02 Å². The van der Waals surface area contributed by atoms with E-state index in [9.17, 15) is 4.79 Å². The number of nitrogens with one attached hydrogen (secondary N) is 1. The average Bonchev–Trinajstić information content (AvgIpc) is 2.46. The van der Waals surface area contributed by atoms with Gasteiger partial charge in [0.15, 0.2) is 6.61 Å². The molecule has 0 saturated heterocycles. The second-order valence-corrected chi connectivity index (χ2v) is 5.89. The van der Waals surface area contributed by atoms with Gasteiger partial charge in [0.05, 0.1) is 11.1 Å². The van der Waals surface area contributed by atoms with Crippen molar-refractivity contribution in [3.8, 4) is 5.75 Å². The van der Waals surface area contributed by atoms with Gasteiger partial charge >= 0.3 is 0 Å². The van der Waals surface area contributed by atoms with Crippen molar-refractivity contribution in [1.29, 1.82) is 0 Å². The van der Waals surface area contributed by atoms with Crippen molar-refractivity contribution in [3.63, 3.8) is 0 Å². The predicted molar refractivity (Wildman–Crippen MR) is 87.6 cm³/mol. The lowest BCUT2D eigenvalue weighted by atomic mass is 10.1. The Morgan fingerprint density at radius 3 is 2.76 bits per heavy atom. The molecule has 0 aliphatic rings. The van der Waals surface area contributed by atoms with Crippen LogP contribution in [0.15, 0.2) is 53.0 Å². The standard InChI is InChI=1S/C16H15BrClNO2/c1-11(12-5-4-6-13(17)9-12)19-16(20)10-21-15-8-3-2-7-14(15)18/h2-9,11H,10H2,1H3,(H,19,20). The summed E-state index contributed by atoms with van der Waals surface area (Å²) in [6, 6.07) is 14.8. The van der Waals surface area contributed by atoms with Gasteiger partial charge in [0, 0.05) is 4.47 Å². The Hall–Kier alpha value is -1.52. The molecule has 0 aliphatic heterocycles. The van der Waals surface area contributed by atoms with Crippen LogP contribution in [0.3, 0.4) is 0 Å². The Morgan fingerprint density at radius 1 is 1.29 bits per heavy atom. The highest BCUT2D eigenvalue weighted by Gasteiger charge is 2.11. The number of hydrogen-bond acceptors (Lipinski definition) is 2. The lowest BCUT2D eigenvalue weighted by molar-refractivity contribution is -0.123. The molecular formula is C16H15BrClNO2. The molecule has 2 aromatic rings. The first-order valence-corrected chi connectivity index (χ1v) is 7.65. The zero-order chi connectivity index (χ0) is 15.2. The molecule has 2 rings (SSSR count). The summed E-state index contributed by atoms with van der Waals surface area (Å²) in [7, 11) is 0. The summed E-state index contributed by atoms with van der Waals surface area (Å²) in [4.78, 5) is 11.9. The smallest absolute Gasteiger partial charge is 0.258 e. The molecule has 0 spiro atoms. The van der Waals surface area contributed by atoms with Crippen molar-refractivity contribution in [1.82, 2.24) is 5.32 Å². The van der Waals surface area contributed by atoms with E-state index in [4.69, 9.17) is 16.3 Å². The molecule has 1 amide bonds. The number of benzene rings is 2. The van der Waals surface area contributed by atoms with Crippen LogP contribution in [0.25, 0.3) is 0 Å². The lowest BCUT2D eigenvalue weighted by Crippen LogP contribution is -2.31. The third-order valence-corrected chi connectivity index (χ3v) is 3.73. The normalized spacial score (nSPS) is 11.8. The maximum absolute atomic E-state index is 11.9. The maximum atomic E-state index is 11.9. The second kappa shape index (κ2) is 7.48. The average molecular weight is 369 g/mol. The molecular weight excluding hydrogens is 354 g/mol. The summed E-state index contributed by atoms with van der Waals surface area (Å²) < 4.78 is 6.39. The highest BCUT2D eigenvalue weighted by molar-refractivity contribution is 9.10. The number of carbonyl (C=O) groups is 1. The number of carbonyl (C=O) groups excluding carboxylic acids is 1. The van der Waals surface area contributed by atoms with E-state index in [0.717, 1.165) is 10.0 Å². The molecule has 1 unspecified atom stereocenters. The van der Waals surface area contributed by atoms with Crippen LogP contribution in [0.4, 0.5) is 0 Å². The fraction of sp³-hybridized carbons (Fsp3) is 0.188. The molecule has 0 fully saturated rings. The highest BCUT2D eigenvalue weighted by atomic mass is 79.9. The quantitative estimate of drug-likeness (QED) is 0.851. The molecule has 3 nitrogen and oxygen atoms in total. The van der Waals surface area contributed by atoms with Crippen molar-refractivity contribution < 1.29 is 9.53 Å². The fourth-order valence-corrected chi connectivity index (χ4v) is 2.45. The van der Waals surface area contributed by atoms with E-state index in [1.54, 1.807) is 12.1 Å². The first-order valence-electron chi connectivity index (χ1n) is 6.48. The Bertz CT molecular complexity index is 633. The summed E-state index contributed by atoms with van der Waals surface area (Å²) in [6.45, 7) is 1.86. The Balaban J connectivity index is 1.89. The molecule has 21 heavy (non-hydrogen) atoms. The minimum Gasteiger partial charge on any atom is -0.482 e. The molecule has 0 radical (unpaired) electrons. The zero-order valence-corrected chi connectivity index (χ0v) is 13.8. The van der Waals surface area contributed by atoms with Gasteiger partial charge in [-0.15, -0.1) is 0 Å². The molecule has 0 aliphatic carbocycles. The van der Waals surface area contributed by atoms with Gasteiger partial charge in [-0.1, -0.05) is 51.8 Å². The van der Waals surface area contributed by atoms with Gasteiger partial charge in [0.2, 0.25) is 0 Å². The van der Waals surface area contributed by atoms with E-state index in [2.05, 4.69) is 21.2 Å². The number of hydrogen-bond donors (Lipinski definition) is 1. The number of rotatable bonds is 5. The van der Waals surface area contributed by atoms with Gasteiger partial charge in [0.1, 0.15) is 5.75 Å². The van der Waals surface area contributed by atoms with Crippen LogP contribution in [-0.2, 0) is 4.79 Å². The first-order chi connectivity index (χ1) is 10.1. The van der Waals surface area contributed by atoms with Crippen molar-refractivity contribution in [2.45, 2.75) is 13.0 Å². The Morgan fingerprint density at radius 2 is 2.05 bits per heavy atom. The lowest BCUT2D eigenvalue weighted by Gasteiger charge is -2.15. The number of para-hydroxylation sites is 1. The molecule has 2 aromatic carbocycles. The summed E-state index contributed by atoms with van der Waals surface area (Å²) in [5, 5.41) is 3.38. The largest absolute Gasteiger partial charge is 0.482 e. The monoisotopic (exact) mass is 367 g/mol. The second-order valence-electron chi connectivity index (χ2n) is 4.56. The van der Waals surface area contributed by atoms with Gasteiger partial charge in [0.25, 0.3) is 5.91 Å². The van der Waals surface area contributed by atoms with E-state index in [1.807, 2.05) is 43.3 Å². The maximum Gasteiger partial charge on any atom is 0.258 e. The van der Waals surface area contributed by atoms with Gasteiger partial charge in [-0.05, 0) is 36.8 Å². The summed E-state index contributed by atoms with van der Waals surface area (Å²) >= 11 is 9.38. The van der Waals surface area contributed by atoms with E-state index in [1.165, 1.54) is 0 Å². The Labute approximate surface area is 137 Å². The topological polar surface area (TPSA) is 38.3 Å². The van der Waals surface area contributed by atoms with Crippen LogP contribution in [0.5, 0.6) is 5.75 Å². The van der Waals surface area contributed by atoms with E-state index in [-0.39, 0.29) is 18.6 Å². The first kappa shape index (κ1) is 15.9. The summed E-state index contributed by atoms with van der Waals surface area (Å²) in [6.07, 6.45) is 0. The highest BCUT2D eigenvalue weighted by Crippen LogP contribution is 2.23. The third-order valence-electron chi connectivity index (χ3n) is 2.92. The SMILES string of the molecule is CC(NC(=O)COc1ccccc1Cl)c1cccc(Br)c1. The predicted octanol–water partition coefficient (Wildman–Crippen LogP) is 4.36. The van der Waals surface area contributed by atoms with Gasteiger partial charge in [-0.25, -0.2) is 0 Å². The molecule has 0 heterocycles.